The van der Waals surface area contributed by atoms with Crippen LogP contribution in [-0.4, -0.2) is 6.61 Å². The summed E-state index contributed by atoms with van der Waals surface area (Å²) in [5.41, 5.74) is 6.64. The van der Waals surface area contributed by atoms with Gasteiger partial charge in [-0.2, -0.15) is 0 Å². The number of benzene rings is 1. The molecule has 0 unspecified atom stereocenters. The van der Waals surface area contributed by atoms with Gasteiger partial charge in [-0.05, 0) is 18.1 Å². The number of ether oxygens (including phenoxy) is 1. The summed E-state index contributed by atoms with van der Waals surface area (Å²) in [4.78, 5) is 1.01. The van der Waals surface area contributed by atoms with Crippen molar-refractivity contribution in [2.45, 2.75) is 27.0 Å². The van der Waals surface area contributed by atoms with Gasteiger partial charge in [0.1, 0.15) is 5.82 Å². The molecule has 0 fully saturated rings. The van der Waals surface area contributed by atoms with Crippen molar-refractivity contribution >= 4 is 21.4 Å². The molecular formula is C14H18FNOS. The van der Waals surface area contributed by atoms with E-state index in [9.17, 15) is 4.39 Å². The molecule has 0 atom stereocenters. The van der Waals surface area contributed by atoms with Gasteiger partial charge < -0.3 is 10.5 Å². The average molecular weight is 267 g/mol. The molecule has 0 aliphatic carbocycles. The van der Waals surface area contributed by atoms with E-state index in [0.717, 1.165) is 15.1 Å². The minimum atomic E-state index is -0.188. The van der Waals surface area contributed by atoms with Crippen molar-refractivity contribution in [3.63, 3.8) is 0 Å². The number of rotatable bonds is 5. The van der Waals surface area contributed by atoms with Crippen LogP contribution in [0.1, 0.15) is 24.3 Å². The highest BCUT2D eigenvalue weighted by Gasteiger charge is 2.14. The second-order valence-corrected chi connectivity index (χ2v) is 5.87. The lowest BCUT2D eigenvalue weighted by atomic mass is 10.1. The summed E-state index contributed by atoms with van der Waals surface area (Å²) in [5.74, 6) is 0.285. The molecule has 0 spiro atoms. The van der Waals surface area contributed by atoms with Crippen LogP contribution in [0, 0.1) is 11.7 Å². The van der Waals surface area contributed by atoms with E-state index < -0.39 is 0 Å². The van der Waals surface area contributed by atoms with Crippen molar-refractivity contribution < 1.29 is 9.13 Å². The third-order valence-corrected chi connectivity index (χ3v) is 3.95. The fourth-order valence-corrected chi connectivity index (χ4v) is 3.03. The molecule has 2 N–H and O–H groups in total. The van der Waals surface area contributed by atoms with Gasteiger partial charge in [0.25, 0.3) is 0 Å². The third-order valence-electron chi connectivity index (χ3n) is 2.73. The van der Waals surface area contributed by atoms with Crippen molar-refractivity contribution in [2.75, 3.05) is 6.61 Å². The van der Waals surface area contributed by atoms with Gasteiger partial charge in [0, 0.05) is 33.7 Å². The summed E-state index contributed by atoms with van der Waals surface area (Å²) >= 11 is 1.55. The molecule has 0 aliphatic rings. The van der Waals surface area contributed by atoms with Crippen LogP contribution in [0.2, 0.25) is 0 Å². The van der Waals surface area contributed by atoms with Crippen LogP contribution < -0.4 is 5.73 Å². The van der Waals surface area contributed by atoms with Crippen LogP contribution in [0.4, 0.5) is 4.39 Å². The molecular weight excluding hydrogens is 249 g/mol. The number of halogens is 1. The minimum absolute atomic E-state index is 0.188. The predicted molar refractivity (Wildman–Crippen MR) is 74.2 cm³/mol. The maximum Gasteiger partial charge on any atom is 0.132 e. The molecule has 2 nitrogen and oxygen atoms in total. The van der Waals surface area contributed by atoms with Crippen LogP contribution in [0.3, 0.4) is 0 Å². The maximum atomic E-state index is 13.9. The molecule has 1 aromatic heterocycles. The molecule has 18 heavy (non-hydrogen) atoms. The van der Waals surface area contributed by atoms with E-state index in [1.165, 1.54) is 6.07 Å². The van der Waals surface area contributed by atoms with E-state index in [0.29, 0.717) is 31.1 Å². The highest BCUT2D eigenvalue weighted by molar-refractivity contribution is 7.19. The van der Waals surface area contributed by atoms with Crippen LogP contribution in [0.5, 0.6) is 0 Å². The van der Waals surface area contributed by atoms with E-state index in [-0.39, 0.29) is 5.82 Å². The first-order valence-electron chi connectivity index (χ1n) is 6.10. The molecule has 98 valence electrons. The Morgan fingerprint density at radius 3 is 2.83 bits per heavy atom. The summed E-state index contributed by atoms with van der Waals surface area (Å²) < 4.78 is 20.5. The van der Waals surface area contributed by atoms with Gasteiger partial charge in [0.2, 0.25) is 0 Å². The van der Waals surface area contributed by atoms with Crippen LogP contribution >= 0.6 is 11.3 Å². The fraction of sp³-hybridized carbons (Fsp3) is 0.429. The molecule has 0 aliphatic heterocycles. The normalized spacial score (nSPS) is 11.6. The van der Waals surface area contributed by atoms with E-state index in [2.05, 4.69) is 13.8 Å². The molecule has 0 amide bonds. The second kappa shape index (κ2) is 5.78. The highest BCUT2D eigenvalue weighted by Crippen LogP contribution is 2.33. The molecule has 2 rings (SSSR count). The summed E-state index contributed by atoms with van der Waals surface area (Å²) in [7, 11) is 0. The summed E-state index contributed by atoms with van der Waals surface area (Å²) in [6.07, 6.45) is 0. The van der Waals surface area contributed by atoms with Crippen LogP contribution in [0.15, 0.2) is 18.2 Å². The van der Waals surface area contributed by atoms with E-state index >= 15 is 0 Å². The van der Waals surface area contributed by atoms with Crippen molar-refractivity contribution in [1.29, 1.82) is 0 Å². The number of nitrogens with two attached hydrogens (primary N) is 1. The smallest absolute Gasteiger partial charge is 0.132 e. The lowest BCUT2D eigenvalue weighted by Gasteiger charge is -2.08. The van der Waals surface area contributed by atoms with Crippen molar-refractivity contribution in [1.82, 2.24) is 0 Å². The zero-order valence-corrected chi connectivity index (χ0v) is 11.5. The first kappa shape index (κ1) is 13.5. The zero-order valence-electron chi connectivity index (χ0n) is 10.7. The van der Waals surface area contributed by atoms with Gasteiger partial charge in [-0.25, -0.2) is 4.39 Å². The number of hydrogen-bond donors (Lipinski definition) is 1. The maximum absolute atomic E-state index is 13.9. The molecule has 1 heterocycles. The average Bonchev–Trinajstić information content (AvgIpc) is 2.68. The Morgan fingerprint density at radius 2 is 2.17 bits per heavy atom. The molecule has 0 radical (unpaired) electrons. The Kier molecular flexibility index (Phi) is 4.32. The van der Waals surface area contributed by atoms with Gasteiger partial charge in [-0.3, -0.25) is 0 Å². The summed E-state index contributed by atoms with van der Waals surface area (Å²) in [6.45, 7) is 5.73. The first-order chi connectivity index (χ1) is 8.63. The van der Waals surface area contributed by atoms with Gasteiger partial charge in [-0.15, -0.1) is 11.3 Å². The van der Waals surface area contributed by atoms with Gasteiger partial charge in [0.15, 0.2) is 0 Å². The van der Waals surface area contributed by atoms with Crippen LogP contribution in [-0.2, 0) is 17.9 Å². The quantitative estimate of drug-likeness (QED) is 0.897. The van der Waals surface area contributed by atoms with E-state index in [1.807, 2.05) is 6.07 Å². The monoisotopic (exact) mass is 267 g/mol. The highest BCUT2D eigenvalue weighted by atomic mass is 32.1. The number of thiophene rings is 1. The fourth-order valence-electron chi connectivity index (χ4n) is 1.93. The Balaban J connectivity index is 2.34. The van der Waals surface area contributed by atoms with Crippen LogP contribution in [0.25, 0.3) is 10.1 Å². The molecule has 0 saturated carbocycles. The Labute approximate surface area is 111 Å². The van der Waals surface area contributed by atoms with Crippen molar-refractivity contribution in [3.8, 4) is 0 Å². The molecule has 0 saturated heterocycles. The lowest BCUT2D eigenvalue weighted by molar-refractivity contribution is 0.0975. The topological polar surface area (TPSA) is 35.2 Å². The largest absolute Gasteiger partial charge is 0.376 e. The van der Waals surface area contributed by atoms with Gasteiger partial charge in [-0.1, -0.05) is 19.9 Å². The van der Waals surface area contributed by atoms with E-state index in [1.54, 1.807) is 17.4 Å². The standard InChI is InChI=1S/C14H18FNOS/c1-9(2)7-17-8-10-13(6-16)18-12-5-3-4-11(15)14(10)12/h3-5,9H,6-8,16H2,1-2H3. The molecule has 0 bridgehead atoms. The van der Waals surface area contributed by atoms with Gasteiger partial charge in [0.05, 0.1) is 6.61 Å². The third kappa shape index (κ3) is 2.71. The molecule has 4 heteroatoms. The predicted octanol–water partition coefficient (Wildman–Crippen LogP) is 3.67. The summed E-state index contributed by atoms with van der Waals surface area (Å²) in [6, 6.07) is 5.14. The van der Waals surface area contributed by atoms with Gasteiger partial charge >= 0.3 is 0 Å². The Hall–Kier alpha value is -0.970. The van der Waals surface area contributed by atoms with Crippen molar-refractivity contribution in [2.24, 2.45) is 11.7 Å². The number of fused-ring (bicyclic) bond motifs is 1. The van der Waals surface area contributed by atoms with Crippen molar-refractivity contribution in [3.05, 3.63) is 34.5 Å². The second-order valence-electron chi connectivity index (χ2n) is 4.73. The van der Waals surface area contributed by atoms with E-state index in [4.69, 9.17) is 10.5 Å². The number of hydrogen-bond acceptors (Lipinski definition) is 3. The zero-order chi connectivity index (χ0) is 13.1. The SMILES string of the molecule is CC(C)COCc1c(CN)sc2cccc(F)c12. The molecule has 1 aromatic carbocycles. The summed E-state index contributed by atoms with van der Waals surface area (Å²) in [5, 5.41) is 0.673. The first-order valence-corrected chi connectivity index (χ1v) is 6.91. The Morgan fingerprint density at radius 1 is 1.39 bits per heavy atom. The molecule has 2 aromatic rings. The lowest BCUT2D eigenvalue weighted by Crippen LogP contribution is -2.04. The minimum Gasteiger partial charge on any atom is -0.376 e. The Bertz CT molecular complexity index is 536.